The van der Waals surface area contributed by atoms with E-state index in [0.29, 0.717) is 17.1 Å². The average molecular weight is 281 g/mol. The van der Waals surface area contributed by atoms with Crippen molar-refractivity contribution in [2.24, 2.45) is 5.92 Å². The summed E-state index contributed by atoms with van der Waals surface area (Å²) in [7, 11) is 0. The van der Waals surface area contributed by atoms with Crippen LogP contribution in [0.4, 0.5) is 5.82 Å². The number of hydrogen-bond donors (Lipinski definition) is 0. The topological polar surface area (TPSA) is 49.3 Å². The largest absolute Gasteiger partial charge is 0.350 e. The summed E-state index contributed by atoms with van der Waals surface area (Å²) >= 11 is 5.78. The molecule has 2 saturated heterocycles. The SMILES string of the molecule is CC(=O)N1CCC2CCN(c3ccc(Cl)nn3)C2C1. The quantitative estimate of drug-likeness (QED) is 0.784. The molecule has 5 nitrogen and oxygen atoms in total. The zero-order chi connectivity index (χ0) is 13.4. The number of hydrogen-bond acceptors (Lipinski definition) is 4. The fraction of sp³-hybridized carbons (Fsp3) is 0.615. The van der Waals surface area contributed by atoms with Crippen LogP contribution in [0.1, 0.15) is 19.8 Å². The van der Waals surface area contributed by atoms with Crippen molar-refractivity contribution in [3.05, 3.63) is 17.3 Å². The molecule has 2 aliphatic rings. The van der Waals surface area contributed by atoms with Gasteiger partial charge >= 0.3 is 0 Å². The highest BCUT2D eigenvalue weighted by Crippen LogP contribution is 2.34. The van der Waals surface area contributed by atoms with Crippen molar-refractivity contribution < 1.29 is 4.79 Å². The highest BCUT2D eigenvalue weighted by Gasteiger charge is 2.39. The molecule has 2 unspecified atom stereocenters. The molecule has 1 aromatic rings. The number of carbonyl (C=O) groups excluding carboxylic acids is 1. The van der Waals surface area contributed by atoms with Crippen LogP contribution in [0.15, 0.2) is 12.1 Å². The minimum absolute atomic E-state index is 0.160. The smallest absolute Gasteiger partial charge is 0.219 e. The van der Waals surface area contributed by atoms with Gasteiger partial charge in [-0.2, -0.15) is 0 Å². The average Bonchev–Trinajstić information content (AvgIpc) is 2.82. The standard InChI is InChI=1S/C13H17ClN4O/c1-9(19)17-6-4-10-5-7-18(11(10)8-17)13-3-2-12(14)15-16-13/h2-3,10-11H,4-8H2,1H3. The summed E-state index contributed by atoms with van der Waals surface area (Å²) in [6.45, 7) is 4.31. The molecule has 3 rings (SSSR count). The van der Waals surface area contributed by atoms with Crippen LogP contribution in [0.25, 0.3) is 0 Å². The van der Waals surface area contributed by atoms with Crippen LogP contribution in [0.5, 0.6) is 0 Å². The third-order valence-corrected chi connectivity index (χ3v) is 4.42. The molecule has 0 aromatic carbocycles. The lowest BCUT2D eigenvalue weighted by molar-refractivity contribution is -0.130. The minimum atomic E-state index is 0.160. The van der Waals surface area contributed by atoms with Gasteiger partial charge in [0.05, 0.1) is 6.04 Å². The fourth-order valence-corrected chi connectivity index (χ4v) is 3.27. The summed E-state index contributed by atoms with van der Waals surface area (Å²) in [6, 6.07) is 4.04. The second-order valence-corrected chi connectivity index (χ2v) is 5.66. The lowest BCUT2D eigenvalue weighted by Crippen LogP contribution is -2.49. The molecule has 6 heteroatoms. The Balaban J connectivity index is 1.80. The Hall–Kier alpha value is -1.36. The normalized spacial score (nSPS) is 26.4. The number of anilines is 1. The Kier molecular flexibility index (Phi) is 3.31. The molecule has 102 valence electrons. The molecule has 0 saturated carbocycles. The molecule has 19 heavy (non-hydrogen) atoms. The number of fused-ring (bicyclic) bond motifs is 1. The molecule has 0 radical (unpaired) electrons. The van der Waals surface area contributed by atoms with E-state index in [1.165, 1.54) is 6.42 Å². The maximum absolute atomic E-state index is 11.5. The van der Waals surface area contributed by atoms with E-state index >= 15 is 0 Å². The van der Waals surface area contributed by atoms with E-state index in [2.05, 4.69) is 15.1 Å². The van der Waals surface area contributed by atoms with Gasteiger partial charge in [-0.05, 0) is 30.9 Å². The second kappa shape index (κ2) is 4.96. The summed E-state index contributed by atoms with van der Waals surface area (Å²) in [5.74, 6) is 1.68. The van der Waals surface area contributed by atoms with Crippen molar-refractivity contribution in [2.75, 3.05) is 24.5 Å². The van der Waals surface area contributed by atoms with Gasteiger partial charge in [-0.25, -0.2) is 0 Å². The highest BCUT2D eigenvalue weighted by molar-refractivity contribution is 6.29. The first-order chi connectivity index (χ1) is 9.15. The predicted molar refractivity (Wildman–Crippen MR) is 73.2 cm³/mol. The minimum Gasteiger partial charge on any atom is -0.350 e. The number of carbonyl (C=O) groups is 1. The van der Waals surface area contributed by atoms with Crippen LogP contribution >= 0.6 is 11.6 Å². The van der Waals surface area contributed by atoms with Crippen molar-refractivity contribution in [2.45, 2.75) is 25.8 Å². The molecule has 0 N–H and O–H groups in total. The van der Waals surface area contributed by atoms with Gasteiger partial charge in [0, 0.05) is 26.6 Å². The van der Waals surface area contributed by atoms with E-state index in [1.54, 1.807) is 13.0 Å². The van der Waals surface area contributed by atoms with Crippen LogP contribution < -0.4 is 4.90 Å². The van der Waals surface area contributed by atoms with Crippen molar-refractivity contribution in [1.29, 1.82) is 0 Å². The van der Waals surface area contributed by atoms with Crippen LogP contribution in [0.3, 0.4) is 0 Å². The van der Waals surface area contributed by atoms with Gasteiger partial charge in [0.2, 0.25) is 5.91 Å². The van der Waals surface area contributed by atoms with Crippen LogP contribution in [0.2, 0.25) is 5.15 Å². The molecular formula is C13H17ClN4O. The van der Waals surface area contributed by atoms with Crippen molar-refractivity contribution >= 4 is 23.3 Å². The summed E-state index contributed by atoms with van der Waals surface area (Å²) < 4.78 is 0. The Morgan fingerprint density at radius 3 is 2.79 bits per heavy atom. The molecule has 1 amide bonds. The Labute approximate surface area is 117 Å². The van der Waals surface area contributed by atoms with Gasteiger partial charge in [-0.3, -0.25) is 4.79 Å². The van der Waals surface area contributed by atoms with Crippen molar-refractivity contribution in [1.82, 2.24) is 15.1 Å². The van der Waals surface area contributed by atoms with E-state index in [-0.39, 0.29) is 5.91 Å². The number of halogens is 1. The predicted octanol–water partition coefficient (Wildman–Crippen LogP) is 1.58. The van der Waals surface area contributed by atoms with Gasteiger partial charge in [-0.1, -0.05) is 11.6 Å². The van der Waals surface area contributed by atoms with Gasteiger partial charge in [-0.15, -0.1) is 10.2 Å². The monoisotopic (exact) mass is 280 g/mol. The zero-order valence-electron chi connectivity index (χ0n) is 10.9. The number of amides is 1. The number of nitrogens with zero attached hydrogens (tertiary/aromatic N) is 4. The van der Waals surface area contributed by atoms with Gasteiger partial charge in [0.15, 0.2) is 11.0 Å². The van der Waals surface area contributed by atoms with E-state index < -0.39 is 0 Å². The molecule has 1 aromatic heterocycles. The Morgan fingerprint density at radius 1 is 1.32 bits per heavy atom. The second-order valence-electron chi connectivity index (χ2n) is 5.28. The molecule has 2 atom stereocenters. The first-order valence-electron chi connectivity index (χ1n) is 6.66. The molecular weight excluding hydrogens is 264 g/mol. The van der Waals surface area contributed by atoms with Gasteiger partial charge < -0.3 is 9.80 Å². The highest BCUT2D eigenvalue weighted by atomic mass is 35.5. The fourth-order valence-electron chi connectivity index (χ4n) is 3.17. The summed E-state index contributed by atoms with van der Waals surface area (Å²) in [6.07, 6.45) is 2.25. The van der Waals surface area contributed by atoms with E-state index in [0.717, 1.165) is 31.9 Å². The lowest BCUT2D eigenvalue weighted by atomic mass is 9.92. The Bertz CT molecular complexity index is 478. The molecule has 2 fully saturated rings. The van der Waals surface area contributed by atoms with E-state index in [4.69, 9.17) is 11.6 Å². The van der Waals surface area contributed by atoms with E-state index in [1.807, 2.05) is 11.0 Å². The molecule has 0 aliphatic carbocycles. The van der Waals surface area contributed by atoms with E-state index in [9.17, 15) is 4.79 Å². The van der Waals surface area contributed by atoms with Crippen molar-refractivity contribution in [3.63, 3.8) is 0 Å². The maximum Gasteiger partial charge on any atom is 0.219 e. The van der Waals surface area contributed by atoms with Crippen LogP contribution in [-0.4, -0.2) is 46.7 Å². The third-order valence-electron chi connectivity index (χ3n) is 4.22. The number of likely N-dealkylation sites (tertiary alicyclic amines) is 1. The van der Waals surface area contributed by atoms with Gasteiger partial charge in [0.1, 0.15) is 0 Å². The third kappa shape index (κ3) is 2.39. The van der Waals surface area contributed by atoms with Crippen molar-refractivity contribution in [3.8, 4) is 0 Å². The molecule has 2 aliphatic heterocycles. The summed E-state index contributed by atoms with van der Waals surface area (Å²) in [5, 5.41) is 8.48. The summed E-state index contributed by atoms with van der Waals surface area (Å²) in [5.41, 5.74) is 0. The molecule has 0 bridgehead atoms. The number of aromatic nitrogens is 2. The zero-order valence-corrected chi connectivity index (χ0v) is 11.7. The van der Waals surface area contributed by atoms with Crippen LogP contribution in [0, 0.1) is 5.92 Å². The Morgan fingerprint density at radius 2 is 2.11 bits per heavy atom. The van der Waals surface area contributed by atoms with Crippen LogP contribution in [-0.2, 0) is 4.79 Å². The summed E-state index contributed by atoms with van der Waals surface area (Å²) in [4.78, 5) is 15.7. The maximum atomic E-state index is 11.5. The molecule has 3 heterocycles. The first kappa shape index (κ1) is 12.7. The number of piperidine rings is 1. The first-order valence-corrected chi connectivity index (χ1v) is 7.04. The number of rotatable bonds is 1. The van der Waals surface area contributed by atoms with Gasteiger partial charge in [0.25, 0.3) is 0 Å². The lowest BCUT2D eigenvalue weighted by Gasteiger charge is -2.38. The molecule has 0 spiro atoms.